The lowest BCUT2D eigenvalue weighted by molar-refractivity contribution is 0.253. The predicted molar refractivity (Wildman–Crippen MR) is 87.8 cm³/mol. The number of hydrogen-bond acceptors (Lipinski definition) is 2. The SMILES string of the molecule is CCCN1CCc2nccc(P(P)PP)c2C1. The van der Waals surface area contributed by atoms with Crippen LogP contribution in [0.2, 0.25) is 0 Å². The van der Waals surface area contributed by atoms with Crippen LogP contribution in [0.4, 0.5) is 0 Å². The molecule has 94 valence electrons. The highest BCUT2D eigenvalue weighted by Crippen LogP contribution is 2.65. The third kappa shape index (κ3) is 3.43. The minimum Gasteiger partial charge on any atom is -0.299 e. The van der Waals surface area contributed by atoms with E-state index in [1.54, 1.807) is 5.30 Å². The molecule has 4 atom stereocenters. The summed E-state index contributed by atoms with van der Waals surface area (Å²) in [5.41, 5.74) is 2.86. The lowest BCUT2D eigenvalue weighted by atomic mass is 10.1. The van der Waals surface area contributed by atoms with Gasteiger partial charge in [0.1, 0.15) is 0 Å². The quantitative estimate of drug-likeness (QED) is 0.795. The minimum atomic E-state index is -0.0757. The number of nitrogens with zero attached hydrogens (tertiary/aromatic N) is 2. The summed E-state index contributed by atoms with van der Waals surface area (Å²) in [6, 6.07) is 2.23. The van der Waals surface area contributed by atoms with E-state index in [4.69, 9.17) is 0 Å². The van der Waals surface area contributed by atoms with Crippen molar-refractivity contribution in [3.63, 3.8) is 0 Å². The molecule has 17 heavy (non-hydrogen) atoms. The second kappa shape index (κ2) is 6.84. The zero-order chi connectivity index (χ0) is 12.3. The lowest BCUT2D eigenvalue weighted by Crippen LogP contribution is -2.34. The smallest absolute Gasteiger partial charge is 0.0467 e. The highest BCUT2D eigenvalue weighted by Gasteiger charge is 2.21. The van der Waals surface area contributed by atoms with Gasteiger partial charge in [-0.15, -0.1) is 17.9 Å². The van der Waals surface area contributed by atoms with Gasteiger partial charge in [0.15, 0.2) is 0 Å². The number of aromatic nitrogens is 1. The zero-order valence-corrected chi connectivity index (χ0v) is 14.4. The molecule has 2 rings (SSSR count). The van der Waals surface area contributed by atoms with Gasteiger partial charge < -0.3 is 0 Å². The van der Waals surface area contributed by atoms with Crippen molar-refractivity contribution < 1.29 is 0 Å². The average Bonchev–Trinajstić information content (AvgIpc) is 2.37. The second-order valence-corrected chi connectivity index (χ2v) is 13.4. The van der Waals surface area contributed by atoms with E-state index in [0.29, 0.717) is 0 Å². The maximum Gasteiger partial charge on any atom is 0.0467 e. The fourth-order valence-electron chi connectivity index (χ4n) is 2.28. The largest absolute Gasteiger partial charge is 0.299 e. The van der Waals surface area contributed by atoms with Gasteiger partial charge in [0.25, 0.3) is 0 Å². The van der Waals surface area contributed by atoms with Gasteiger partial charge in [0, 0.05) is 31.4 Å². The first-order valence-electron chi connectivity index (χ1n) is 5.96. The molecule has 0 bridgehead atoms. The Morgan fingerprint density at radius 3 is 3.12 bits per heavy atom. The normalized spacial score (nSPS) is 18.5. The second-order valence-electron chi connectivity index (χ2n) is 4.28. The van der Waals surface area contributed by atoms with E-state index in [9.17, 15) is 0 Å². The van der Waals surface area contributed by atoms with Crippen LogP contribution < -0.4 is 5.30 Å². The van der Waals surface area contributed by atoms with E-state index >= 15 is 0 Å². The molecule has 0 aliphatic carbocycles. The molecule has 1 aliphatic heterocycles. The molecule has 6 heteroatoms. The van der Waals surface area contributed by atoms with Crippen LogP contribution in [-0.4, -0.2) is 23.0 Å². The van der Waals surface area contributed by atoms with Gasteiger partial charge in [-0.25, -0.2) is 0 Å². The Morgan fingerprint density at radius 1 is 1.59 bits per heavy atom. The molecule has 0 saturated heterocycles. The van der Waals surface area contributed by atoms with Gasteiger partial charge in [-0.2, -0.15) is 0 Å². The summed E-state index contributed by atoms with van der Waals surface area (Å²) in [6.07, 6.45) is 4.36. The molecule has 0 aromatic carbocycles. The minimum absolute atomic E-state index is 0.0757. The number of pyridine rings is 1. The predicted octanol–water partition coefficient (Wildman–Crippen LogP) is 3.13. The molecule has 1 aromatic rings. The standard InChI is InChI=1S/C11H20N2P4/c1-2-6-13-7-4-10-9(8-13)11(3-5-12-10)17(15)16-14/h3,5,16H,2,4,6-8,14-15H2,1H3. The summed E-state index contributed by atoms with van der Waals surface area (Å²) in [5.74, 6) is 0. The van der Waals surface area contributed by atoms with Crippen LogP contribution >= 0.6 is 33.1 Å². The molecule has 0 N–H and O–H groups in total. The van der Waals surface area contributed by atoms with Gasteiger partial charge in [-0.3, -0.25) is 9.88 Å². The number of fused-ring (bicyclic) bond motifs is 1. The van der Waals surface area contributed by atoms with Gasteiger partial charge in [0.2, 0.25) is 0 Å². The topological polar surface area (TPSA) is 16.1 Å². The molecule has 2 nitrogen and oxygen atoms in total. The van der Waals surface area contributed by atoms with Crippen molar-refractivity contribution in [3.05, 3.63) is 23.5 Å². The van der Waals surface area contributed by atoms with Crippen molar-refractivity contribution in [3.8, 4) is 0 Å². The molecule has 0 fully saturated rings. The molecule has 0 amide bonds. The van der Waals surface area contributed by atoms with Crippen LogP contribution in [0.5, 0.6) is 0 Å². The van der Waals surface area contributed by atoms with E-state index < -0.39 is 0 Å². The van der Waals surface area contributed by atoms with Crippen molar-refractivity contribution >= 4 is 38.4 Å². The van der Waals surface area contributed by atoms with Crippen molar-refractivity contribution in [1.29, 1.82) is 0 Å². The first-order chi connectivity index (χ1) is 8.26. The van der Waals surface area contributed by atoms with E-state index in [1.165, 1.54) is 30.8 Å². The van der Waals surface area contributed by atoms with Crippen molar-refractivity contribution in [1.82, 2.24) is 9.88 Å². The van der Waals surface area contributed by atoms with E-state index in [0.717, 1.165) is 20.9 Å². The molecule has 2 heterocycles. The third-order valence-electron chi connectivity index (χ3n) is 3.11. The van der Waals surface area contributed by atoms with E-state index in [2.05, 4.69) is 40.7 Å². The molecule has 0 saturated carbocycles. The fraction of sp³-hybridized carbons (Fsp3) is 0.545. The molecule has 1 aliphatic rings. The summed E-state index contributed by atoms with van der Waals surface area (Å²) >= 11 is 0. The Kier molecular flexibility index (Phi) is 5.73. The van der Waals surface area contributed by atoms with Gasteiger partial charge in [0.05, 0.1) is 0 Å². The summed E-state index contributed by atoms with van der Waals surface area (Å²) in [6.45, 7) is 5.75. The number of rotatable bonds is 4. The lowest BCUT2D eigenvalue weighted by Gasteiger charge is -2.30. The van der Waals surface area contributed by atoms with Crippen LogP contribution in [0.25, 0.3) is 0 Å². The van der Waals surface area contributed by atoms with Gasteiger partial charge in [-0.1, -0.05) is 14.9 Å². The van der Waals surface area contributed by atoms with Gasteiger partial charge >= 0.3 is 0 Å². The molecule has 1 aromatic heterocycles. The van der Waals surface area contributed by atoms with Crippen LogP contribution in [0, 0.1) is 0 Å². The Morgan fingerprint density at radius 2 is 2.41 bits per heavy atom. The highest BCUT2D eigenvalue weighted by molar-refractivity contribution is 8.63. The van der Waals surface area contributed by atoms with Crippen molar-refractivity contribution in [2.75, 3.05) is 13.1 Å². The van der Waals surface area contributed by atoms with E-state index in [-0.39, 0.29) is 7.30 Å². The van der Waals surface area contributed by atoms with Crippen LogP contribution in [-0.2, 0) is 13.0 Å². The molecule has 0 radical (unpaired) electrons. The van der Waals surface area contributed by atoms with Gasteiger partial charge in [-0.05, 0) is 37.2 Å². The van der Waals surface area contributed by atoms with E-state index in [1.807, 2.05) is 6.20 Å². The Bertz CT molecular complexity index is 386. The Labute approximate surface area is 111 Å². The zero-order valence-electron chi connectivity index (χ0n) is 10.2. The summed E-state index contributed by atoms with van der Waals surface area (Å²) in [5, 5.41) is 1.55. The maximum absolute atomic E-state index is 4.56. The Hall–Kier alpha value is 0.830. The third-order valence-corrected chi connectivity index (χ3v) is 13.2. The summed E-state index contributed by atoms with van der Waals surface area (Å²) < 4.78 is 0. The van der Waals surface area contributed by atoms with Crippen LogP contribution in [0.1, 0.15) is 24.6 Å². The van der Waals surface area contributed by atoms with Crippen LogP contribution in [0.15, 0.2) is 12.3 Å². The van der Waals surface area contributed by atoms with Crippen LogP contribution in [0.3, 0.4) is 0 Å². The first-order valence-corrected chi connectivity index (χ1v) is 12.6. The molecule has 4 unspecified atom stereocenters. The summed E-state index contributed by atoms with van der Waals surface area (Å²) in [7, 11) is 6.77. The number of hydrogen-bond donors (Lipinski definition) is 0. The van der Waals surface area contributed by atoms with Crippen molar-refractivity contribution in [2.24, 2.45) is 0 Å². The molecule has 0 spiro atoms. The maximum atomic E-state index is 4.56. The highest BCUT2D eigenvalue weighted by atomic mass is 32.6. The first kappa shape index (κ1) is 14.2. The molecular weight excluding hydrogens is 284 g/mol. The fourth-order valence-corrected chi connectivity index (χ4v) is 6.16. The average molecular weight is 304 g/mol. The molecular formula is C11H20N2P4. The summed E-state index contributed by atoms with van der Waals surface area (Å²) in [4.78, 5) is 7.12. The Balaban J connectivity index is 2.26. The van der Waals surface area contributed by atoms with Crippen molar-refractivity contribution in [2.45, 2.75) is 26.3 Å². The monoisotopic (exact) mass is 304 g/mol.